The van der Waals surface area contributed by atoms with Gasteiger partial charge in [0.05, 0.1) is 12.8 Å². The third-order valence-corrected chi connectivity index (χ3v) is 4.13. The molecule has 0 saturated carbocycles. The second-order valence-corrected chi connectivity index (χ2v) is 5.62. The van der Waals surface area contributed by atoms with E-state index in [0.29, 0.717) is 6.04 Å². The van der Waals surface area contributed by atoms with E-state index in [0.717, 1.165) is 25.3 Å². The lowest BCUT2D eigenvalue weighted by Gasteiger charge is -2.25. The van der Waals surface area contributed by atoms with E-state index in [2.05, 4.69) is 46.7 Å². The lowest BCUT2D eigenvalue weighted by Crippen LogP contribution is -2.36. The lowest BCUT2D eigenvalue weighted by atomic mass is 9.96. The molecule has 3 nitrogen and oxygen atoms in total. The van der Waals surface area contributed by atoms with E-state index >= 15 is 0 Å². The number of hydrogen-bond acceptors (Lipinski definition) is 3. The van der Waals surface area contributed by atoms with Gasteiger partial charge in [-0.3, -0.25) is 0 Å². The van der Waals surface area contributed by atoms with Gasteiger partial charge >= 0.3 is 0 Å². The van der Waals surface area contributed by atoms with Gasteiger partial charge in [-0.05, 0) is 30.4 Å². The van der Waals surface area contributed by atoms with Crippen LogP contribution in [0.15, 0.2) is 42.5 Å². The Balaban J connectivity index is 1.54. The highest BCUT2D eigenvalue weighted by molar-refractivity contribution is 5.28. The first-order chi connectivity index (χ1) is 10.3. The molecule has 110 valence electrons. The van der Waals surface area contributed by atoms with Crippen LogP contribution in [0.5, 0.6) is 5.88 Å². The molecule has 1 aliphatic heterocycles. The number of ether oxygens (including phenoxy) is 1. The monoisotopic (exact) mass is 282 g/mol. The third kappa shape index (κ3) is 3.61. The van der Waals surface area contributed by atoms with Crippen molar-refractivity contribution in [2.24, 2.45) is 0 Å². The van der Waals surface area contributed by atoms with Crippen molar-refractivity contribution in [2.45, 2.75) is 38.3 Å². The summed E-state index contributed by atoms with van der Waals surface area (Å²) in [6, 6.07) is 15.3. The van der Waals surface area contributed by atoms with E-state index in [-0.39, 0.29) is 0 Å². The summed E-state index contributed by atoms with van der Waals surface area (Å²) >= 11 is 0. The first-order valence-corrected chi connectivity index (χ1v) is 7.65. The van der Waals surface area contributed by atoms with Gasteiger partial charge in [0.15, 0.2) is 0 Å². The average Bonchev–Trinajstić information content (AvgIpc) is 2.55. The van der Waals surface area contributed by atoms with E-state index in [4.69, 9.17) is 4.74 Å². The predicted molar refractivity (Wildman–Crippen MR) is 84.5 cm³/mol. The van der Waals surface area contributed by atoms with Gasteiger partial charge in [0.25, 0.3) is 0 Å². The summed E-state index contributed by atoms with van der Waals surface area (Å²) in [5.41, 5.74) is 3.92. The van der Waals surface area contributed by atoms with Crippen LogP contribution >= 0.6 is 0 Å². The lowest BCUT2D eigenvalue weighted by molar-refractivity contribution is 0.387. The Morgan fingerprint density at radius 2 is 2.05 bits per heavy atom. The van der Waals surface area contributed by atoms with Crippen LogP contribution < -0.4 is 10.1 Å². The summed E-state index contributed by atoms with van der Waals surface area (Å²) in [5.74, 6) is 0.721. The highest BCUT2D eigenvalue weighted by atomic mass is 16.5. The van der Waals surface area contributed by atoms with E-state index in [1.54, 1.807) is 7.11 Å². The molecule has 1 aliphatic rings. The van der Waals surface area contributed by atoms with Crippen molar-refractivity contribution < 1.29 is 4.74 Å². The average molecular weight is 282 g/mol. The van der Waals surface area contributed by atoms with Crippen LogP contribution in [-0.4, -0.2) is 18.1 Å². The molecule has 21 heavy (non-hydrogen) atoms. The van der Waals surface area contributed by atoms with Crippen molar-refractivity contribution in [1.82, 2.24) is 10.3 Å². The number of benzene rings is 1. The summed E-state index contributed by atoms with van der Waals surface area (Å²) in [4.78, 5) is 4.59. The summed E-state index contributed by atoms with van der Waals surface area (Å²) in [7, 11) is 1.67. The molecule has 1 aromatic carbocycles. The number of fused-ring (bicyclic) bond motifs is 1. The predicted octanol–water partition coefficient (Wildman–Crippen LogP) is 3.13. The van der Waals surface area contributed by atoms with Crippen molar-refractivity contribution in [2.75, 3.05) is 7.11 Å². The van der Waals surface area contributed by atoms with E-state index in [1.165, 1.54) is 29.7 Å². The molecular formula is C18H22N2O. The topological polar surface area (TPSA) is 34.1 Å². The molecule has 0 fully saturated rings. The summed E-state index contributed by atoms with van der Waals surface area (Å²) in [5, 5.41) is 3.62. The smallest absolute Gasteiger partial charge is 0.213 e. The Hall–Kier alpha value is -1.87. The maximum Gasteiger partial charge on any atom is 0.213 e. The molecule has 3 rings (SSSR count). The van der Waals surface area contributed by atoms with Gasteiger partial charge in [0, 0.05) is 25.1 Å². The molecule has 2 heterocycles. The minimum absolute atomic E-state index is 0.529. The molecule has 0 radical (unpaired) electrons. The number of nitrogens with one attached hydrogen (secondary N) is 1. The van der Waals surface area contributed by atoms with Crippen LogP contribution in [0.2, 0.25) is 0 Å². The molecule has 0 bridgehead atoms. The normalized spacial score (nSPS) is 17.3. The summed E-state index contributed by atoms with van der Waals surface area (Å²) < 4.78 is 5.22. The van der Waals surface area contributed by atoms with Crippen LogP contribution in [0, 0.1) is 0 Å². The van der Waals surface area contributed by atoms with Crippen molar-refractivity contribution in [3.8, 4) is 5.88 Å². The third-order valence-electron chi connectivity index (χ3n) is 4.13. The first kappa shape index (κ1) is 14.1. The molecular weight excluding hydrogens is 260 g/mol. The fourth-order valence-corrected chi connectivity index (χ4v) is 2.92. The Morgan fingerprint density at radius 1 is 1.19 bits per heavy atom. The second-order valence-electron chi connectivity index (χ2n) is 5.62. The van der Waals surface area contributed by atoms with Crippen LogP contribution in [0.4, 0.5) is 0 Å². The Kier molecular flexibility index (Phi) is 4.51. The first-order valence-electron chi connectivity index (χ1n) is 7.65. The molecule has 0 saturated heterocycles. The maximum atomic E-state index is 5.22. The van der Waals surface area contributed by atoms with Crippen LogP contribution in [0.25, 0.3) is 0 Å². The number of rotatable bonds is 5. The quantitative estimate of drug-likeness (QED) is 0.915. The number of aromatic nitrogens is 1. The zero-order valence-corrected chi connectivity index (χ0v) is 12.5. The molecule has 0 amide bonds. The zero-order valence-electron chi connectivity index (χ0n) is 12.5. The van der Waals surface area contributed by atoms with Gasteiger partial charge in [-0.1, -0.05) is 36.4 Å². The molecule has 1 atom stereocenters. The Bertz CT molecular complexity index is 583. The van der Waals surface area contributed by atoms with Gasteiger partial charge in [-0.2, -0.15) is 0 Å². The number of pyridine rings is 1. The van der Waals surface area contributed by atoms with Gasteiger partial charge in [0.2, 0.25) is 5.88 Å². The highest BCUT2D eigenvalue weighted by Gasteiger charge is 2.19. The van der Waals surface area contributed by atoms with Crippen molar-refractivity contribution >= 4 is 0 Å². The molecule has 1 aromatic heterocycles. The second kappa shape index (κ2) is 6.72. The SMILES string of the molecule is COc1ccc2c(n1)CC(CCCc1ccccc1)NC2. The molecule has 1 N–H and O–H groups in total. The number of nitrogens with zero attached hydrogens (tertiary/aromatic N) is 1. The number of methoxy groups -OCH3 is 1. The van der Waals surface area contributed by atoms with Crippen LogP contribution in [0.3, 0.4) is 0 Å². The standard InChI is InChI=1S/C18H22N2O/c1-21-18-11-10-15-13-19-16(12-17(15)20-18)9-5-8-14-6-3-2-4-7-14/h2-4,6-7,10-11,16,19H,5,8-9,12-13H2,1H3. The van der Waals surface area contributed by atoms with E-state index in [9.17, 15) is 0 Å². The van der Waals surface area contributed by atoms with E-state index < -0.39 is 0 Å². The van der Waals surface area contributed by atoms with Crippen molar-refractivity contribution in [3.63, 3.8) is 0 Å². The number of hydrogen-bond donors (Lipinski definition) is 1. The summed E-state index contributed by atoms with van der Waals surface area (Å²) in [6.45, 7) is 0.919. The Morgan fingerprint density at radius 3 is 2.86 bits per heavy atom. The fourth-order valence-electron chi connectivity index (χ4n) is 2.92. The minimum atomic E-state index is 0.529. The number of aryl methyl sites for hydroxylation is 1. The highest BCUT2D eigenvalue weighted by Crippen LogP contribution is 2.20. The maximum absolute atomic E-state index is 5.22. The largest absolute Gasteiger partial charge is 0.481 e. The Labute approximate surface area is 126 Å². The molecule has 1 unspecified atom stereocenters. The fraction of sp³-hybridized carbons (Fsp3) is 0.389. The van der Waals surface area contributed by atoms with Crippen molar-refractivity contribution in [3.05, 3.63) is 59.3 Å². The molecule has 2 aromatic rings. The van der Waals surface area contributed by atoms with Gasteiger partial charge in [-0.15, -0.1) is 0 Å². The zero-order chi connectivity index (χ0) is 14.5. The summed E-state index contributed by atoms with van der Waals surface area (Å²) in [6.07, 6.45) is 4.55. The minimum Gasteiger partial charge on any atom is -0.481 e. The van der Waals surface area contributed by atoms with Crippen LogP contribution in [-0.2, 0) is 19.4 Å². The molecule has 0 aliphatic carbocycles. The van der Waals surface area contributed by atoms with Crippen molar-refractivity contribution in [1.29, 1.82) is 0 Å². The van der Waals surface area contributed by atoms with E-state index in [1.807, 2.05) is 6.07 Å². The van der Waals surface area contributed by atoms with Gasteiger partial charge in [0.1, 0.15) is 0 Å². The van der Waals surface area contributed by atoms with Crippen LogP contribution in [0.1, 0.15) is 29.7 Å². The molecule has 0 spiro atoms. The van der Waals surface area contributed by atoms with Gasteiger partial charge in [-0.25, -0.2) is 4.98 Å². The molecule has 3 heteroatoms. The van der Waals surface area contributed by atoms with Gasteiger partial charge < -0.3 is 10.1 Å².